The highest BCUT2D eigenvalue weighted by Crippen LogP contribution is 2.00. The Morgan fingerprint density at radius 1 is 1.57 bits per heavy atom. The van der Waals surface area contributed by atoms with Crippen molar-refractivity contribution in [3.8, 4) is 0 Å². The summed E-state index contributed by atoms with van der Waals surface area (Å²) in [5, 5.41) is 11.8. The molecule has 14 heavy (non-hydrogen) atoms. The van der Waals surface area contributed by atoms with Gasteiger partial charge in [0.1, 0.15) is 6.04 Å². The highest BCUT2D eigenvalue weighted by molar-refractivity contribution is 5.73. The molecule has 0 aromatic carbocycles. The summed E-state index contributed by atoms with van der Waals surface area (Å²) in [7, 11) is 0. The molecule has 0 spiro atoms. The van der Waals surface area contributed by atoms with Gasteiger partial charge in [0.2, 0.25) is 0 Å². The number of hydrogen-bond acceptors (Lipinski definition) is 3. The van der Waals surface area contributed by atoms with Crippen LogP contribution >= 0.6 is 0 Å². The van der Waals surface area contributed by atoms with E-state index < -0.39 is 12.0 Å². The van der Waals surface area contributed by atoms with Gasteiger partial charge < -0.3 is 16.2 Å². The van der Waals surface area contributed by atoms with Gasteiger partial charge in [-0.25, -0.2) is 0 Å². The second-order valence-electron chi connectivity index (χ2n) is 3.15. The lowest BCUT2D eigenvalue weighted by Crippen LogP contribution is -2.36. The van der Waals surface area contributed by atoms with Gasteiger partial charge in [0.15, 0.2) is 0 Å². The zero-order chi connectivity index (χ0) is 10.8. The van der Waals surface area contributed by atoms with Crippen molar-refractivity contribution >= 4 is 5.97 Å². The predicted molar refractivity (Wildman–Crippen MR) is 57.1 cm³/mol. The minimum Gasteiger partial charge on any atom is -0.480 e. The largest absolute Gasteiger partial charge is 0.480 e. The van der Waals surface area contributed by atoms with Gasteiger partial charge in [-0.1, -0.05) is 18.6 Å². The normalized spacial score (nSPS) is 13.3. The highest BCUT2D eigenvalue weighted by atomic mass is 16.4. The summed E-state index contributed by atoms with van der Waals surface area (Å²) in [5.74, 6) is -0.786. The van der Waals surface area contributed by atoms with Crippen LogP contribution in [0.5, 0.6) is 0 Å². The average molecular weight is 200 g/mol. The number of aliphatic carboxylic acids is 1. The smallest absolute Gasteiger partial charge is 0.320 e. The molecule has 0 saturated heterocycles. The minimum atomic E-state index is -0.786. The van der Waals surface area contributed by atoms with Crippen molar-refractivity contribution in [2.75, 3.05) is 13.1 Å². The molecule has 4 heteroatoms. The zero-order valence-corrected chi connectivity index (χ0v) is 8.70. The summed E-state index contributed by atoms with van der Waals surface area (Å²) in [4.78, 5) is 10.8. The summed E-state index contributed by atoms with van der Waals surface area (Å²) < 4.78 is 0. The van der Waals surface area contributed by atoms with Crippen LogP contribution in [-0.4, -0.2) is 30.2 Å². The second-order valence-corrected chi connectivity index (χ2v) is 3.15. The number of unbranched alkanes of at least 4 members (excludes halogenated alkanes) is 1. The highest BCUT2D eigenvalue weighted by Gasteiger charge is 2.14. The van der Waals surface area contributed by atoms with E-state index in [-0.39, 0.29) is 0 Å². The number of carboxylic acids is 1. The van der Waals surface area contributed by atoms with E-state index in [9.17, 15) is 4.79 Å². The molecule has 0 aliphatic carbocycles. The maximum atomic E-state index is 10.8. The van der Waals surface area contributed by atoms with Gasteiger partial charge in [0, 0.05) is 6.54 Å². The first kappa shape index (κ1) is 13.1. The maximum absolute atomic E-state index is 10.8. The molecule has 0 fully saturated rings. The van der Waals surface area contributed by atoms with E-state index in [1.165, 1.54) is 0 Å². The number of rotatable bonds is 8. The fourth-order valence-corrected chi connectivity index (χ4v) is 1.13. The summed E-state index contributed by atoms with van der Waals surface area (Å²) in [5.41, 5.74) is 5.33. The third kappa shape index (κ3) is 6.62. The number of allylic oxidation sites excluding steroid dienone is 1. The summed E-state index contributed by atoms with van der Waals surface area (Å²) in [6.45, 7) is 3.14. The van der Waals surface area contributed by atoms with Crippen LogP contribution in [0.1, 0.15) is 26.2 Å². The van der Waals surface area contributed by atoms with Gasteiger partial charge in [0.25, 0.3) is 0 Å². The Morgan fingerprint density at radius 3 is 2.79 bits per heavy atom. The summed E-state index contributed by atoms with van der Waals surface area (Å²) in [6, 6.07) is -0.447. The molecule has 0 aromatic heterocycles. The molecule has 0 unspecified atom stereocenters. The number of carbonyl (C=O) groups is 1. The Labute approximate surface area is 85.2 Å². The molecular formula is C10H20N2O2. The molecule has 0 rings (SSSR count). The van der Waals surface area contributed by atoms with E-state index in [1.54, 1.807) is 0 Å². The standard InChI is InChI=1S/C10H20N2O2/c1-2-3-8-12-9(10(13)14)6-4-5-7-11/h2-3,9,12H,4-8,11H2,1H3,(H,13,14)/t9-/m0/s1. The molecule has 4 nitrogen and oxygen atoms in total. The van der Waals surface area contributed by atoms with Crippen LogP contribution < -0.4 is 11.1 Å². The van der Waals surface area contributed by atoms with Gasteiger partial charge in [-0.2, -0.15) is 0 Å². The number of nitrogens with two attached hydrogens (primary N) is 1. The van der Waals surface area contributed by atoms with Crippen LogP contribution in [0.2, 0.25) is 0 Å². The Morgan fingerprint density at radius 2 is 2.29 bits per heavy atom. The van der Waals surface area contributed by atoms with Crippen molar-refractivity contribution in [1.29, 1.82) is 0 Å². The lowest BCUT2D eigenvalue weighted by atomic mass is 10.1. The molecule has 82 valence electrons. The molecule has 4 N–H and O–H groups in total. The fraction of sp³-hybridized carbons (Fsp3) is 0.700. The molecule has 0 aliphatic rings. The first-order chi connectivity index (χ1) is 6.72. The van der Waals surface area contributed by atoms with Crippen molar-refractivity contribution < 1.29 is 9.90 Å². The van der Waals surface area contributed by atoms with Crippen LogP contribution in [0.3, 0.4) is 0 Å². The van der Waals surface area contributed by atoms with Gasteiger partial charge >= 0.3 is 5.97 Å². The SMILES string of the molecule is CC=CCN[C@@H](CCCCN)C(=O)O. The lowest BCUT2D eigenvalue weighted by molar-refractivity contribution is -0.139. The number of hydrogen-bond donors (Lipinski definition) is 3. The third-order valence-electron chi connectivity index (χ3n) is 1.96. The summed E-state index contributed by atoms with van der Waals surface area (Å²) in [6.07, 6.45) is 6.18. The van der Waals surface area contributed by atoms with E-state index in [2.05, 4.69) is 5.32 Å². The maximum Gasteiger partial charge on any atom is 0.320 e. The summed E-state index contributed by atoms with van der Waals surface area (Å²) >= 11 is 0. The van der Waals surface area contributed by atoms with Crippen molar-refractivity contribution in [1.82, 2.24) is 5.32 Å². The van der Waals surface area contributed by atoms with E-state index in [0.717, 1.165) is 12.8 Å². The Balaban J connectivity index is 3.72. The number of nitrogens with one attached hydrogen (secondary N) is 1. The van der Waals surface area contributed by atoms with Gasteiger partial charge in [0.05, 0.1) is 0 Å². The molecule has 0 saturated carbocycles. The van der Waals surface area contributed by atoms with Crippen molar-refractivity contribution in [3.05, 3.63) is 12.2 Å². The average Bonchev–Trinajstić information content (AvgIpc) is 2.15. The minimum absolute atomic E-state index is 0.447. The lowest BCUT2D eigenvalue weighted by Gasteiger charge is -2.12. The number of carboxylic acid groups (broad SMARTS) is 1. The quantitative estimate of drug-likeness (QED) is 0.399. The molecule has 0 heterocycles. The monoisotopic (exact) mass is 200 g/mol. The van der Waals surface area contributed by atoms with E-state index >= 15 is 0 Å². The Kier molecular flexibility index (Phi) is 8.17. The Bertz CT molecular complexity index is 181. The molecule has 0 radical (unpaired) electrons. The molecule has 0 bridgehead atoms. The van der Waals surface area contributed by atoms with Crippen LogP contribution in [0.4, 0.5) is 0 Å². The van der Waals surface area contributed by atoms with Crippen LogP contribution in [0.15, 0.2) is 12.2 Å². The molecular weight excluding hydrogens is 180 g/mol. The zero-order valence-electron chi connectivity index (χ0n) is 8.70. The second kappa shape index (κ2) is 8.72. The molecule has 0 amide bonds. The van der Waals surface area contributed by atoms with E-state index in [0.29, 0.717) is 19.5 Å². The Hall–Kier alpha value is -0.870. The molecule has 1 atom stereocenters. The van der Waals surface area contributed by atoms with Crippen molar-refractivity contribution in [2.24, 2.45) is 5.73 Å². The topological polar surface area (TPSA) is 75.3 Å². The van der Waals surface area contributed by atoms with Crippen molar-refractivity contribution in [2.45, 2.75) is 32.2 Å². The van der Waals surface area contributed by atoms with Gasteiger partial charge in [-0.3, -0.25) is 4.79 Å². The fourth-order valence-electron chi connectivity index (χ4n) is 1.13. The predicted octanol–water partition coefficient (Wildman–Crippen LogP) is 0.734. The first-order valence-electron chi connectivity index (χ1n) is 4.99. The van der Waals surface area contributed by atoms with E-state index in [1.807, 2.05) is 19.1 Å². The van der Waals surface area contributed by atoms with Crippen molar-refractivity contribution in [3.63, 3.8) is 0 Å². The van der Waals surface area contributed by atoms with Crippen LogP contribution in [-0.2, 0) is 4.79 Å². The molecule has 0 aliphatic heterocycles. The third-order valence-corrected chi connectivity index (χ3v) is 1.96. The van der Waals surface area contributed by atoms with Crippen LogP contribution in [0, 0.1) is 0 Å². The van der Waals surface area contributed by atoms with E-state index in [4.69, 9.17) is 10.8 Å². The van der Waals surface area contributed by atoms with Gasteiger partial charge in [-0.15, -0.1) is 0 Å². The molecule has 0 aromatic rings. The van der Waals surface area contributed by atoms with Gasteiger partial charge in [-0.05, 0) is 26.3 Å². The first-order valence-corrected chi connectivity index (χ1v) is 4.99. The van der Waals surface area contributed by atoms with Crippen LogP contribution in [0.25, 0.3) is 0 Å².